The van der Waals surface area contributed by atoms with Gasteiger partial charge in [-0.25, -0.2) is 4.98 Å². The number of pyridine rings is 1. The Kier molecular flexibility index (Phi) is 3.81. The molecule has 0 aromatic carbocycles. The van der Waals surface area contributed by atoms with Gasteiger partial charge in [0, 0.05) is 44.0 Å². The SMILES string of the molecule is c1cncc(OC[C@H]2CN(C3CCC3)Cc3cncn3C2)c1. The summed E-state index contributed by atoms with van der Waals surface area (Å²) in [6.07, 6.45) is 11.6. The molecule has 4 rings (SSSR count). The molecule has 1 fully saturated rings. The topological polar surface area (TPSA) is 43.2 Å². The van der Waals surface area contributed by atoms with Crippen molar-refractivity contribution in [2.45, 2.75) is 38.4 Å². The number of hydrogen-bond donors (Lipinski definition) is 0. The van der Waals surface area contributed by atoms with Gasteiger partial charge in [0.1, 0.15) is 5.75 Å². The summed E-state index contributed by atoms with van der Waals surface area (Å²) in [5.41, 5.74) is 1.33. The van der Waals surface area contributed by atoms with Crippen LogP contribution in [0, 0.1) is 5.92 Å². The van der Waals surface area contributed by atoms with Crippen LogP contribution < -0.4 is 4.74 Å². The Labute approximate surface area is 130 Å². The van der Waals surface area contributed by atoms with Crippen LogP contribution in [0.25, 0.3) is 0 Å². The molecule has 0 amide bonds. The van der Waals surface area contributed by atoms with Gasteiger partial charge in [-0.2, -0.15) is 0 Å². The van der Waals surface area contributed by atoms with Gasteiger partial charge in [0.05, 0.1) is 24.8 Å². The predicted molar refractivity (Wildman–Crippen MR) is 83.5 cm³/mol. The smallest absolute Gasteiger partial charge is 0.137 e. The summed E-state index contributed by atoms with van der Waals surface area (Å²) in [5.74, 6) is 1.34. The first-order chi connectivity index (χ1) is 10.9. The Morgan fingerprint density at radius 2 is 2.14 bits per heavy atom. The average molecular weight is 298 g/mol. The second-order valence-electron chi connectivity index (χ2n) is 6.42. The van der Waals surface area contributed by atoms with Crippen LogP contribution in [0.2, 0.25) is 0 Å². The molecule has 0 saturated heterocycles. The number of hydrogen-bond acceptors (Lipinski definition) is 4. The lowest BCUT2D eigenvalue weighted by Gasteiger charge is -2.37. The van der Waals surface area contributed by atoms with Crippen LogP contribution in [-0.2, 0) is 13.1 Å². The van der Waals surface area contributed by atoms with Gasteiger partial charge in [0.25, 0.3) is 0 Å². The molecule has 5 heteroatoms. The van der Waals surface area contributed by atoms with E-state index in [0.29, 0.717) is 5.92 Å². The second kappa shape index (κ2) is 6.08. The molecule has 22 heavy (non-hydrogen) atoms. The van der Waals surface area contributed by atoms with E-state index < -0.39 is 0 Å². The van der Waals surface area contributed by atoms with Crippen molar-refractivity contribution in [1.29, 1.82) is 0 Å². The monoisotopic (exact) mass is 298 g/mol. The third-order valence-electron chi connectivity index (χ3n) is 4.82. The average Bonchev–Trinajstić information content (AvgIpc) is 2.84. The van der Waals surface area contributed by atoms with E-state index in [1.165, 1.54) is 25.0 Å². The molecule has 0 radical (unpaired) electrons. The van der Waals surface area contributed by atoms with Crippen LogP contribution >= 0.6 is 0 Å². The Balaban J connectivity index is 1.46. The number of rotatable bonds is 4. The van der Waals surface area contributed by atoms with Crippen molar-refractivity contribution < 1.29 is 4.74 Å². The molecule has 3 heterocycles. The summed E-state index contributed by atoms with van der Waals surface area (Å²) in [4.78, 5) is 11.1. The van der Waals surface area contributed by atoms with Gasteiger partial charge in [-0.3, -0.25) is 9.88 Å². The van der Waals surface area contributed by atoms with Crippen LogP contribution in [-0.4, -0.2) is 38.6 Å². The minimum Gasteiger partial charge on any atom is -0.492 e. The lowest BCUT2D eigenvalue weighted by atomic mass is 9.90. The summed E-state index contributed by atoms with van der Waals surface area (Å²) in [7, 11) is 0. The quantitative estimate of drug-likeness (QED) is 0.869. The molecule has 2 aromatic rings. The molecule has 1 aliphatic heterocycles. The number of fused-ring (bicyclic) bond motifs is 1. The summed E-state index contributed by atoms with van der Waals surface area (Å²) in [6, 6.07) is 4.63. The van der Waals surface area contributed by atoms with E-state index >= 15 is 0 Å². The van der Waals surface area contributed by atoms with Crippen LogP contribution in [0.5, 0.6) is 5.75 Å². The molecule has 5 nitrogen and oxygen atoms in total. The molecule has 0 spiro atoms. The van der Waals surface area contributed by atoms with E-state index in [1.54, 1.807) is 12.4 Å². The minimum atomic E-state index is 0.483. The normalized spacial score (nSPS) is 22.6. The molecular weight excluding hydrogens is 276 g/mol. The van der Waals surface area contributed by atoms with Gasteiger partial charge in [0.15, 0.2) is 0 Å². The zero-order valence-corrected chi connectivity index (χ0v) is 12.8. The largest absolute Gasteiger partial charge is 0.492 e. The van der Waals surface area contributed by atoms with E-state index in [1.807, 2.05) is 24.7 Å². The van der Waals surface area contributed by atoms with E-state index in [-0.39, 0.29) is 0 Å². The number of ether oxygens (including phenoxy) is 1. The van der Waals surface area contributed by atoms with Gasteiger partial charge in [-0.05, 0) is 25.0 Å². The molecule has 1 atom stereocenters. The number of aromatic nitrogens is 3. The van der Waals surface area contributed by atoms with Crippen LogP contribution in [0.15, 0.2) is 37.1 Å². The second-order valence-corrected chi connectivity index (χ2v) is 6.42. The van der Waals surface area contributed by atoms with Crippen LogP contribution in [0.4, 0.5) is 0 Å². The molecule has 1 aliphatic carbocycles. The van der Waals surface area contributed by atoms with Crippen molar-refractivity contribution in [3.8, 4) is 5.75 Å². The van der Waals surface area contributed by atoms with Crippen molar-refractivity contribution in [3.05, 3.63) is 42.7 Å². The number of nitrogens with zero attached hydrogens (tertiary/aromatic N) is 4. The summed E-state index contributed by atoms with van der Waals surface area (Å²) < 4.78 is 8.24. The lowest BCUT2D eigenvalue weighted by Crippen LogP contribution is -2.42. The molecule has 0 bridgehead atoms. The first-order valence-electron chi connectivity index (χ1n) is 8.14. The summed E-state index contributed by atoms with van der Waals surface area (Å²) in [6.45, 7) is 3.84. The summed E-state index contributed by atoms with van der Waals surface area (Å²) in [5, 5.41) is 0. The van der Waals surface area contributed by atoms with Crippen LogP contribution in [0.1, 0.15) is 25.0 Å². The molecule has 0 N–H and O–H groups in total. The molecule has 1 saturated carbocycles. The van der Waals surface area contributed by atoms with Gasteiger partial charge >= 0.3 is 0 Å². The van der Waals surface area contributed by atoms with Crippen molar-refractivity contribution in [2.75, 3.05) is 13.2 Å². The first kappa shape index (κ1) is 13.8. The van der Waals surface area contributed by atoms with Gasteiger partial charge in [-0.1, -0.05) is 6.42 Å². The highest BCUT2D eigenvalue weighted by Crippen LogP contribution is 2.29. The fourth-order valence-electron chi connectivity index (χ4n) is 3.37. The van der Waals surface area contributed by atoms with E-state index in [4.69, 9.17) is 4.74 Å². The van der Waals surface area contributed by atoms with Crippen molar-refractivity contribution in [3.63, 3.8) is 0 Å². The molecule has 0 unspecified atom stereocenters. The lowest BCUT2D eigenvalue weighted by molar-refractivity contribution is 0.0896. The van der Waals surface area contributed by atoms with Crippen LogP contribution in [0.3, 0.4) is 0 Å². The van der Waals surface area contributed by atoms with E-state index in [9.17, 15) is 0 Å². The molecule has 116 valence electrons. The fraction of sp³-hybridized carbons (Fsp3) is 0.529. The highest BCUT2D eigenvalue weighted by molar-refractivity contribution is 5.15. The Bertz CT molecular complexity index is 608. The third-order valence-corrected chi connectivity index (χ3v) is 4.82. The minimum absolute atomic E-state index is 0.483. The van der Waals surface area contributed by atoms with E-state index in [2.05, 4.69) is 19.4 Å². The molecular formula is C17H22N4O. The maximum Gasteiger partial charge on any atom is 0.137 e. The van der Waals surface area contributed by atoms with Gasteiger partial charge in [0.2, 0.25) is 0 Å². The number of imidazole rings is 1. The zero-order valence-electron chi connectivity index (χ0n) is 12.8. The van der Waals surface area contributed by atoms with Gasteiger partial charge in [-0.15, -0.1) is 0 Å². The van der Waals surface area contributed by atoms with Gasteiger partial charge < -0.3 is 9.30 Å². The first-order valence-corrected chi connectivity index (χ1v) is 8.14. The van der Waals surface area contributed by atoms with Crippen molar-refractivity contribution >= 4 is 0 Å². The van der Waals surface area contributed by atoms with Crippen molar-refractivity contribution in [1.82, 2.24) is 19.4 Å². The fourth-order valence-corrected chi connectivity index (χ4v) is 3.37. The van der Waals surface area contributed by atoms with Crippen molar-refractivity contribution in [2.24, 2.45) is 5.92 Å². The Morgan fingerprint density at radius 3 is 2.91 bits per heavy atom. The van der Waals surface area contributed by atoms with E-state index in [0.717, 1.165) is 38.0 Å². The molecule has 2 aliphatic rings. The highest BCUT2D eigenvalue weighted by Gasteiger charge is 2.30. The molecule has 2 aromatic heterocycles. The maximum atomic E-state index is 5.95. The standard InChI is InChI=1S/C17H22N4O/c1-3-15(4-1)20-9-14(10-21-13-19-7-16(21)11-20)12-22-17-5-2-6-18-8-17/h2,5-8,13-15H,1,3-4,9-12H2/t14-/m0/s1. The zero-order chi connectivity index (χ0) is 14.8. The Morgan fingerprint density at radius 1 is 1.18 bits per heavy atom. The summed E-state index contributed by atoms with van der Waals surface area (Å²) >= 11 is 0. The predicted octanol–water partition coefficient (Wildman–Crippen LogP) is 2.34. The maximum absolute atomic E-state index is 5.95. The Hall–Kier alpha value is -1.88. The third kappa shape index (κ3) is 2.86. The highest BCUT2D eigenvalue weighted by atomic mass is 16.5.